The molecule has 0 bridgehead atoms. The smallest absolute Gasteiger partial charge is 0.122 e. The molecular formula is C20H27NO. The van der Waals surface area contributed by atoms with Gasteiger partial charge in [0.05, 0.1) is 6.61 Å². The molecule has 0 aliphatic carbocycles. The molecule has 0 fully saturated rings. The summed E-state index contributed by atoms with van der Waals surface area (Å²) in [6.07, 6.45) is 0.947. The Kier molecular flexibility index (Phi) is 5.62. The summed E-state index contributed by atoms with van der Waals surface area (Å²) in [6.45, 7) is 9.72. The van der Waals surface area contributed by atoms with Crippen LogP contribution in [0.15, 0.2) is 36.4 Å². The first-order chi connectivity index (χ1) is 10.5. The molecule has 22 heavy (non-hydrogen) atoms. The third-order valence-corrected chi connectivity index (χ3v) is 3.95. The number of rotatable bonds is 6. The van der Waals surface area contributed by atoms with Gasteiger partial charge in [-0.3, -0.25) is 0 Å². The van der Waals surface area contributed by atoms with E-state index in [1.165, 1.54) is 27.8 Å². The second kappa shape index (κ2) is 7.46. The molecule has 0 saturated carbocycles. The van der Waals surface area contributed by atoms with Crippen LogP contribution < -0.4 is 10.5 Å². The molecule has 0 aliphatic heterocycles. The minimum Gasteiger partial charge on any atom is -0.494 e. The molecule has 2 aromatic carbocycles. The lowest BCUT2D eigenvalue weighted by Gasteiger charge is -2.20. The fourth-order valence-electron chi connectivity index (χ4n) is 3.07. The molecule has 0 amide bonds. The van der Waals surface area contributed by atoms with E-state index in [0.717, 1.165) is 12.2 Å². The van der Waals surface area contributed by atoms with Gasteiger partial charge in [0.15, 0.2) is 0 Å². The Hall–Kier alpha value is -1.80. The summed E-state index contributed by atoms with van der Waals surface area (Å²) in [5.41, 5.74) is 12.5. The van der Waals surface area contributed by atoms with Crippen molar-refractivity contribution in [2.24, 2.45) is 5.73 Å². The third-order valence-electron chi connectivity index (χ3n) is 3.95. The Morgan fingerprint density at radius 1 is 0.955 bits per heavy atom. The molecule has 2 aromatic rings. The van der Waals surface area contributed by atoms with Gasteiger partial charge < -0.3 is 10.5 Å². The van der Waals surface area contributed by atoms with Gasteiger partial charge in [0.1, 0.15) is 5.75 Å². The normalized spacial score (nSPS) is 12.2. The van der Waals surface area contributed by atoms with Gasteiger partial charge in [0.25, 0.3) is 0 Å². The summed E-state index contributed by atoms with van der Waals surface area (Å²) in [5.74, 6) is 1.25. The van der Waals surface area contributed by atoms with Crippen LogP contribution in [0.2, 0.25) is 0 Å². The van der Waals surface area contributed by atoms with Gasteiger partial charge in [-0.05, 0) is 57.9 Å². The number of hydrogen-bond donors (Lipinski definition) is 1. The van der Waals surface area contributed by atoms with Crippen molar-refractivity contribution in [2.45, 2.75) is 40.0 Å². The molecule has 2 nitrogen and oxygen atoms in total. The van der Waals surface area contributed by atoms with E-state index in [-0.39, 0.29) is 5.92 Å². The highest BCUT2D eigenvalue weighted by Gasteiger charge is 2.16. The zero-order valence-electron chi connectivity index (χ0n) is 14.1. The van der Waals surface area contributed by atoms with E-state index >= 15 is 0 Å². The van der Waals surface area contributed by atoms with Gasteiger partial charge in [-0.2, -0.15) is 0 Å². The van der Waals surface area contributed by atoms with Gasteiger partial charge in [0.2, 0.25) is 0 Å². The summed E-state index contributed by atoms with van der Waals surface area (Å²) in [4.78, 5) is 0. The highest BCUT2D eigenvalue weighted by atomic mass is 16.5. The average Bonchev–Trinajstić information content (AvgIpc) is 2.46. The molecular weight excluding hydrogens is 270 g/mol. The minimum atomic E-state index is 0.280. The third kappa shape index (κ3) is 4.11. The highest BCUT2D eigenvalue weighted by molar-refractivity contribution is 5.41. The number of benzene rings is 2. The Morgan fingerprint density at radius 3 is 2.23 bits per heavy atom. The van der Waals surface area contributed by atoms with E-state index in [4.69, 9.17) is 10.5 Å². The lowest BCUT2D eigenvalue weighted by Crippen LogP contribution is -2.16. The Morgan fingerprint density at radius 2 is 1.64 bits per heavy atom. The molecule has 2 rings (SSSR count). The molecule has 0 heterocycles. The zero-order valence-corrected chi connectivity index (χ0v) is 14.1. The molecule has 1 atom stereocenters. The molecule has 0 spiro atoms. The predicted octanol–water partition coefficient (Wildman–Crippen LogP) is 4.30. The van der Waals surface area contributed by atoms with Gasteiger partial charge >= 0.3 is 0 Å². The van der Waals surface area contributed by atoms with Crippen LogP contribution in [-0.2, 0) is 6.42 Å². The van der Waals surface area contributed by atoms with Crippen LogP contribution in [0.3, 0.4) is 0 Å². The molecule has 2 N–H and O–H groups in total. The summed E-state index contributed by atoms with van der Waals surface area (Å²) in [6, 6.07) is 13.1. The first-order valence-corrected chi connectivity index (χ1v) is 8.04. The van der Waals surface area contributed by atoms with E-state index in [0.29, 0.717) is 13.2 Å². The number of hydrogen-bond acceptors (Lipinski definition) is 2. The molecule has 0 radical (unpaired) electrons. The van der Waals surface area contributed by atoms with E-state index in [2.05, 4.69) is 57.2 Å². The molecule has 2 heteroatoms. The van der Waals surface area contributed by atoms with Gasteiger partial charge in [-0.25, -0.2) is 0 Å². The van der Waals surface area contributed by atoms with Crippen LogP contribution in [0.5, 0.6) is 5.75 Å². The van der Waals surface area contributed by atoms with Gasteiger partial charge in [0, 0.05) is 5.92 Å². The summed E-state index contributed by atoms with van der Waals surface area (Å²) in [5, 5.41) is 0. The van der Waals surface area contributed by atoms with Crippen LogP contribution in [0, 0.1) is 20.8 Å². The van der Waals surface area contributed by atoms with Crippen LogP contribution in [0.4, 0.5) is 0 Å². The summed E-state index contributed by atoms with van der Waals surface area (Å²) < 4.78 is 5.80. The fourth-order valence-corrected chi connectivity index (χ4v) is 3.07. The predicted molar refractivity (Wildman–Crippen MR) is 93.8 cm³/mol. The second-order valence-corrected chi connectivity index (χ2v) is 6.11. The maximum Gasteiger partial charge on any atom is 0.122 e. The van der Waals surface area contributed by atoms with E-state index < -0.39 is 0 Å². The quantitative estimate of drug-likeness (QED) is 0.863. The summed E-state index contributed by atoms with van der Waals surface area (Å²) >= 11 is 0. The van der Waals surface area contributed by atoms with Gasteiger partial charge in [-0.1, -0.05) is 47.0 Å². The Balaban J connectivity index is 2.33. The number of aryl methyl sites for hydroxylation is 3. The van der Waals surface area contributed by atoms with Gasteiger partial charge in [-0.15, -0.1) is 0 Å². The Labute approximate surface area is 134 Å². The van der Waals surface area contributed by atoms with Crippen molar-refractivity contribution in [1.29, 1.82) is 0 Å². The van der Waals surface area contributed by atoms with Crippen molar-refractivity contribution < 1.29 is 4.74 Å². The molecule has 118 valence electrons. The molecule has 1 unspecified atom stereocenters. The van der Waals surface area contributed by atoms with E-state index in [1.807, 2.05) is 6.92 Å². The van der Waals surface area contributed by atoms with E-state index in [9.17, 15) is 0 Å². The zero-order chi connectivity index (χ0) is 16.1. The number of nitrogens with two attached hydrogens (primary N) is 1. The molecule has 0 saturated heterocycles. The van der Waals surface area contributed by atoms with Crippen LogP contribution in [0.25, 0.3) is 0 Å². The maximum absolute atomic E-state index is 6.09. The van der Waals surface area contributed by atoms with Crippen LogP contribution in [-0.4, -0.2) is 13.2 Å². The molecule has 0 aliphatic rings. The lowest BCUT2D eigenvalue weighted by molar-refractivity contribution is 0.334. The van der Waals surface area contributed by atoms with Crippen LogP contribution >= 0.6 is 0 Å². The monoisotopic (exact) mass is 297 g/mol. The van der Waals surface area contributed by atoms with Crippen molar-refractivity contribution >= 4 is 0 Å². The maximum atomic E-state index is 6.09. The average molecular weight is 297 g/mol. The Bertz CT molecular complexity index is 613. The largest absolute Gasteiger partial charge is 0.494 e. The van der Waals surface area contributed by atoms with E-state index in [1.54, 1.807) is 0 Å². The van der Waals surface area contributed by atoms with Crippen molar-refractivity contribution in [3.05, 3.63) is 64.2 Å². The van der Waals surface area contributed by atoms with Crippen molar-refractivity contribution in [1.82, 2.24) is 0 Å². The SMILES string of the molecule is CCOc1ccc(C)cc1C(CN)Cc1cc(C)cc(C)c1. The fraction of sp³-hybridized carbons (Fsp3) is 0.400. The minimum absolute atomic E-state index is 0.280. The lowest BCUT2D eigenvalue weighted by atomic mass is 9.89. The first-order valence-electron chi connectivity index (χ1n) is 8.04. The second-order valence-electron chi connectivity index (χ2n) is 6.11. The topological polar surface area (TPSA) is 35.2 Å². The van der Waals surface area contributed by atoms with Crippen molar-refractivity contribution in [3.63, 3.8) is 0 Å². The summed E-state index contributed by atoms with van der Waals surface area (Å²) in [7, 11) is 0. The first kappa shape index (κ1) is 16.6. The molecule has 0 aromatic heterocycles. The number of ether oxygens (including phenoxy) is 1. The van der Waals surface area contributed by atoms with Crippen molar-refractivity contribution in [3.8, 4) is 5.75 Å². The van der Waals surface area contributed by atoms with Crippen LogP contribution in [0.1, 0.15) is 40.7 Å². The van der Waals surface area contributed by atoms with Crippen molar-refractivity contribution in [2.75, 3.05) is 13.2 Å². The highest BCUT2D eigenvalue weighted by Crippen LogP contribution is 2.30. The standard InChI is InChI=1S/C20H27NO/c1-5-22-20-7-6-14(2)11-19(20)18(13-21)12-17-9-15(3)8-16(4)10-17/h6-11,18H,5,12-13,21H2,1-4H3.